The summed E-state index contributed by atoms with van der Waals surface area (Å²) in [5, 5.41) is 7.97. The molecule has 0 bridgehead atoms. The smallest absolute Gasteiger partial charge is 0.310 e. The lowest BCUT2D eigenvalue weighted by Gasteiger charge is -2.14. The van der Waals surface area contributed by atoms with Gasteiger partial charge in [0.05, 0.1) is 22.2 Å². The lowest BCUT2D eigenvalue weighted by molar-refractivity contribution is -0.143. The minimum Gasteiger partial charge on any atom is -0.481 e. The normalized spacial score (nSPS) is 29.0. The highest BCUT2D eigenvalue weighted by Gasteiger charge is 2.51. The molecule has 2 aliphatic rings. The van der Waals surface area contributed by atoms with E-state index in [4.69, 9.17) is 5.11 Å². The maximum Gasteiger partial charge on any atom is 0.310 e. The van der Waals surface area contributed by atoms with Crippen LogP contribution in [0.2, 0.25) is 0 Å². The predicted octanol–water partition coefficient (Wildman–Crippen LogP) is -1.04. The molecule has 7 nitrogen and oxygen atoms in total. The SMILES string of the molecule is O=C(O)C1(CNS(=O)(=O)C2CCS(=O)(=O)C2)CC1. The summed E-state index contributed by atoms with van der Waals surface area (Å²) in [6.07, 6.45) is 0.985. The molecule has 1 unspecified atom stereocenters. The Morgan fingerprint density at radius 1 is 1.39 bits per heavy atom. The van der Waals surface area contributed by atoms with Gasteiger partial charge in [-0.1, -0.05) is 0 Å². The van der Waals surface area contributed by atoms with Crippen LogP contribution in [-0.2, 0) is 24.7 Å². The van der Waals surface area contributed by atoms with Gasteiger partial charge in [0, 0.05) is 6.54 Å². The van der Waals surface area contributed by atoms with Crippen molar-refractivity contribution in [2.24, 2.45) is 5.41 Å². The molecular weight excluding hydrogens is 282 g/mol. The third-order valence-electron chi connectivity index (χ3n) is 3.55. The van der Waals surface area contributed by atoms with Gasteiger partial charge in [-0.2, -0.15) is 0 Å². The van der Waals surface area contributed by atoms with Crippen LogP contribution in [0.1, 0.15) is 19.3 Å². The van der Waals surface area contributed by atoms with Crippen LogP contribution in [0.25, 0.3) is 0 Å². The van der Waals surface area contributed by atoms with E-state index in [1.807, 2.05) is 0 Å². The van der Waals surface area contributed by atoms with Gasteiger partial charge >= 0.3 is 5.97 Å². The molecule has 104 valence electrons. The summed E-state index contributed by atoms with van der Waals surface area (Å²) >= 11 is 0. The Labute approximate surface area is 106 Å². The van der Waals surface area contributed by atoms with Crippen LogP contribution in [-0.4, -0.2) is 51.2 Å². The summed E-state index contributed by atoms with van der Waals surface area (Å²) in [4.78, 5) is 10.9. The Balaban J connectivity index is 1.99. The van der Waals surface area contributed by atoms with Gasteiger partial charge in [0.25, 0.3) is 0 Å². The Kier molecular flexibility index (Phi) is 3.19. The third kappa shape index (κ3) is 2.67. The van der Waals surface area contributed by atoms with Crippen LogP contribution in [0.3, 0.4) is 0 Å². The van der Waals surface area contributed by atoms with E-state index >= 15 is 0 Å². The molecule has 2 N–H and O–H groups in total. The second-order valence-corrected chi connectivity index (χ2v) is 9.25. The van der Waals surface area contributed by atoms with E-state index in [1.54, 1.807) is 0 Å². The van der Waals surface area contributed by atoms with E-state index in [0.29, 0.717) is 12.8 Å². The Bertz CT molecular complexity index is 560. The molecule has 2 rings (SSSR count). The van der Waals surface area contributed by atoms with Crippen molar-refractivity contribution in [1.82, 2.24) is 4.72 Å². The first-order valence-electron chi connectivity index (χ1n) is 5.59. The third-order valence-corrected chi connectivity index (χ3v) is 7.35. The van der Waals surface area contributed by atoms with Crippen molar-refractivity contribution in [3.63, 3.8) is 0 Å². The average Bonchev–Trinajstić information content (AvgIpc) is 2.95. The molecule has 0 aromatic heterocycles. The van der Waals surface area contributed by atoms with Gasteiger partial charge in [-0.25, -0.2) is 21.6 Å². The molecule has 0 amide bonds. The first-order valence-corrected chi connectivity index (χ1v) is 8.96. The first kappa shape index (κ1) is 13.8. The zero-order valence-electron chi connectivity index (χ0n) is 9.62. The number of nitrogens with one attached hydrogen (secondary N) is 1. The topological polar surface area (TPSA) is 118 Å². The Morgan fingerprint density at radius 3 is 2.39 bits per heavy atom. The Hall–Kier alpha value is -0.670. The first-order chi connectivity index (χ1) is 8.17. The predicted molar refractivity (Wildman–Crippen MR) is 63.3 cm³/mol. The molecule has 1 saturated heterocycles. The molecule has 1 aliphatic heterocycles. The lowest BCUT2D eigenvalue weighted by Crippen LogP contribution is -2.40. The second kappa shape index (κ2) is 4.17. The average molecular weight is 297 g/mol. The summed E-state index contributed by atoms with van der Waals surface area (Å²) < 4.78 is 48.4. The van der Waals surface area contributed by atoms with Crippen LogP contribution in [0, 0.1) is 5.41 Å². The maximum atomic E-state index is 11.8. The number of carbonyl (C=O) groups is 1. The van der Waals surface area contributed by atoms with E-state index in [0.717, 1.165) is 0 Å². The van der Waals surface area contributed by atoms with Crippen molar-refractivity contribution >= 4 is 25.8 Å². The number of sulfonamides is 1. The number of hydrogen-bond donors (Lipinski definition) is 2. The van der Waals surface area contributed by atoms with Gasteiger partial charge < -0.3 is 5.11 Å². The van der Waals surface area contributed by atoms with Crippen molar-refractivity contribution in [2.45, 2.75) is 24.5 Å². The maximum absolute atomic E-state index is 11.8. The molecule has 1 atom stereocenters. The minimum atomic E-state index is -3.75. The van der Waals surface area contributed by atoms with Crippen molar-refractivity contribution < 1.29 is 26.7 Å². The molecule has 2 fully saturated rings. The molecule has 9 heteroatoms. The number of carboxylic acid groups (broad SMARTS) is 1. The standard InChI is InChI=1S/C9H15NO6S2/c11-8(12)9(2-3-9)6-10-18(15,16)7-1-4-17(13,14)5-7/h7,10H,1-6H2,(H,11,12). The van der Waals surface area contributed by atoms with E-state index in [-0.39, 0.29) is 24.5 Å². The van der Waals surface area contributed by atoms with Crippen molar-refractivity contribution in [2.75, 3.05) is 18.1 Å². The van der Waals surface area contributed by atoms with Gasteiger partial charge in [-0.05, 0) is 19.3 Å². The quantitative estimate of drug-likeness (QED) is 0.669. The van der Waals surface area contributed by atoms with Gasteiger partial charge in [0.15, 0.2) is 9.84 Å². The number of aliphatic carboxylic acids is 1. The molecule has 0 aromatic rings. The number of rotatable bonds is 5. The number of carboxylic acids is 1. The van der Waals surface area contributed by atoms with Gasteiger partial charge in [0.1, 0.15) is 0 Å². The van der Waals surface area contributed by atoms with Gasteiger partial charge in [-0.15, -0.1) is 0 Å². The van der Waals surface area contributed by atoms with Crippen molar-refractivity contribution in [3.8, 4) is 0 Å². The van der Waals surface area contributed by atoms with Crippen molar-refractivity contribution in [3.05, 3.63) is 0 Å². The van der Waals surface area contributed by atoms with Gasteiger partial charge in [0.2, 0.25) is 10.0 Å². The highest BCUT2D eigenvalue weighted by Crippen LogP contribution is 2.45. The molecule has 1 saturated carbocycles. The van der Waals surface area contributed by atoms with E-state index < -0.39 is 36.5 Å². The molecule has 1 aliphatic carbocycles. The molecule has 0 spiro atoms. The fourth-order valence-corrected chi connectivity index (χ4v) is 6.15. The Morgan fingerprint density at radius 2 is 2.00 bits per heavy atom. The molecule has 18 heavy (non-hydrogen) atoms. The summed E-state index contributed by atoms with van der Waals surface area (Å²) in [6, 6.07) is 0. The highest BCUT2D eigenvalue weighted by molar-refractivity contribution is 7.95. The lowest BCUT2D eigenvalue weighted by atomic mass is 10.1. The van der Waals surface area contributed by atoms with Gasteiger partial charge in [-0.3, -0.25) is 4.79 Å². The number of sulfone groups is 1. The zero-order valence-corrected chi connectivity index (χ0v) is 11.3. The number of hydrogen-bond acceptors (Lipinski definition) is 5. The molecule has 1 heterocycles. The van der Waals surface area contributed by atoms with Crippen LogP contribution < -0.4 is 4.72 Å². The zero-order chi connectivity index (χ0) is 13.6. The van der Waals surface area contributed by atoms with Crippen molar-refractivity contribution in [1.29, 1.82) is 0 Å². The van der Waals surface area contributed by atoms with E-state index in [9.17, 15) is 21.6 Å². The minimum absolute atomic E-state index is 0.0811. The molecular formula is C9H15NO6S2. The summed E-state index contributed by atoms with van der Waals surface area (Å²) in [5.74, 6) is -1.50. The van der Waals surface area contributed by atoms with Crippen LogP contribution in [0.15, 0.2) is 0 Å². The molecule has 0 radical (unpaired) electrons. The van der Waals surface area contributed by atoms with Crippen LogP contribution >= 0.6 is 0 Å². The summed E-state index contributed by atoms with van der Waals surface area (Å²) in [7, 11) is -7.02. The van der Waals surface area contributed by atoms with Crippen LogP contribution in [0.5, 0.6) is 0 Å². The fourth-order valence-electron chi connectivity index (χ4n) is 1.98. The summed E-state index contributed by atoms with van der Waals surface area (Å²) in [5.41, 5.74) is -0.982. The second-order valence-electron chi connectivity index (χ2n) is 4.98. The summed E-state index contributed by atoms with van der Waals surface area (Å²) in [6.45, 7) is -0.152. The monoisotopic (exact) mass is 297 g/mol. The highest BCUT2D eigenvalue weighted by atomic mass is 32.2. The van der Waals surface area contributed by atoms with Crippen LogP contribution in [0.4, 0.5) is 0 Å². The fraction of sp³-hybridized carbons (Fsp3) is 0.889. The largest absolute Gasteiger partial charge is 0.481 e. The van der Waals surface area contributed by atoms with E-state index in [2.05, 4.69) is 4.72 Å². The van der Waals surface area contributed by atoms with E-state index in [1.165, 1.54) is 0 Å². The molecule has 0 aromatic carbocycles.